The third kappa shape index (κ3) is 5.06. The zero-order chi connectivity index (χ0) is 22.5. The van der Waals surface area contributed by atoms with Gasteiger partial charge in [0.1, 0.15) is 5.75 Å². The van der Waals surface area contributed by atoms with Crippen molar-refractivity contribution in [1.29, 1.82) is 0 Å². The highest BCUT2D eigenvalue weighted by Crippen LogP contribution is 2.22. The Balaban J connectivity index is 1.32. The van der Waals surface area contributed by atoms with Crippen LogP contribution in [0, 0.1) is 0 Å². The van der Waals surface area contributed by atoms with Crippen molar-refractivity contribution >= 4 is 45.4 Å². The van der Waals surface area contributed by atoms with E-state index in [9.17, 15) is 9.59 Å². The molecule has 32 heavy (non-hydrogen) atoms. The van der Waals surface area contributed by atoms with Crippen molar-refractivity contribution < 1.29 is 14.3 Å². The Morgan fingerprint density at radius 3 is 2.56 bits per heavy atom. The van der Waals surface area contributed by atoms with E-state index in [1.54, 1.807) is 40.9 Å². The molecule has 0 aliphatic heterocycles. The first-order valence-corrected chi connectivity index (χ1v) is 11.2. The second kappa shape index (κ2) is 9.80. The second-order valence-corrected chi connectivity index (χ2v) is 8.05. The van der Waals surface area contributed by atoms with Crippen LogP contribution >= 0.6 is 22.9 Å². The van der Waals surface area contributed by atoms with Gasteiger partial charge in [0.05, 0.1) is 12.3 Å². The van der Waals surface area contributed by atoms with Crippen LogP contribution in [-0.2, 0) is 16.0 Å². The van der Waals surface area contributed by atoms with Crippen LogP contribution in [0.3, 0.4) is 0 Å². The van der Waals surface area contributed by atoms with E-state index < -0.39 is 11.8 Å². The predicted molar refractivity (Wildman–Crippen MR) is 124 cm³/mol. The first kappa shape index (κ1) is 21.8. The molecule has 8 nitrogen and oxygen atoms in total. The summed E-state index contributed by atoms with van der Waals surface area (Å²) in [5.41, 5.74) is 2.28. The van der Waals surface area contributed by atoms with E-state index in [0.717, 1.165) is 16.2 Å². The van der Waals surface area contributed by atoms with Crippen LogP contribution in [0.15, 0.2) is 53.9 Å². The summed E-state index contributed by atoms with van der Waals surface area (Å²) in [4.78, 5) is 29.5. The molecule has 0 radical (unpaired) electrons. The van der Waals surface area contributed by atoms with Crippen LogP contribution in [-0.4, -0.2) is 39.6 Å². The van der Waals surface area contributed by atoms with Gasteiger partial charge in [-0.05, 0) is 55.5 Å². The molecule has 164 valence electrons. The molecule has 2 amide bonds. The number of benzene rings is 2. The average Bonchev–Trinajstić information content (AvgIpc) is 3.37. The maximum absolute atomic E-state index is 12.1. The Labute approximate surface area is 193 Å². The molecule has 0 unspecified atom stereocenters. The molecule has 10 heteroatoms. The molecule has 0 atom stereocenters. The van der Waals surface area contributed by atoms with E-state index in [4.69, 9.17) is 16.3 Å². The lowest BCUT2D eigenvalue weighted by atomic mass is 10.2. The number of nitrogens with zero attached hydrogens (tertiary/aromatic N) is 3. The highest BCUT2D eigenvalue weighted by Gasteiger charge is 2.15. The quantitative estimate of drug-likeness (QED) is 0.401. The number of rotatable bonds is 7. The molecule has 0 saturated carbocycles. The number of carbonyl (C=O) groups is 2. The van der Waals surface area contributed by atoms with Gasteiger partial charge in [0.2, 0.25) is 4.96 Å². The summed E-state index contributed by atoms with van der Waals surface area (Å²) in [7, 11) is 0. The molecule has 4 rings (SSSR count). The van der Waals surface area contributed by atoms with Crippen LogP contribution in [0.2, 0.25) is 5.02 Å². The van der Waals surface area contributed by atoms with Gasteiger partial charge in [0.15, 0.2) is 5.82 Å². The molecule has 2 aromatic heterocycles. The number of ether oxygens (including phenoxy) is 1. The number of hydrogen-bond acceptors (Lipinski definition) is 6. The summed E-state index contributed by atoms with van der Waals surface area (Å²) >= 11 is 7.40. The normalized spacial score (nSPS) is 10.8. The van der Waals surface area contributed by atoms with Crippen LogP contribution in [0.5, 0.6) is 5.75 Å². The highest BCUT2D eigenvalue weighted by molar-refractivity contribution is 7.15. The number of aromatic nitrogens is 3. The third-order valence-electron chi connectivity index (χ3n) is 4.55. The van der Waals surface area contributed by atoms with E-state index in [0.29, 0.717) is 35.3 Å². The van der Waals surface area contributed by atoms with Gasteiger partial charge in [-0.15, -0.1) is 16.4 Å². The number of nitrogens with one attached hydrogen (secondary N) is 2. The minimum Gasteiger partial charge on any atom is -0.494 e. The molecule has 0 bridgehead atoms. The van der Waals surface area contributed by atoms with Gasteiger partial charge in [-0.25, -0.2) is 4.52 Å². The first-order chi connectivity index (χ1) is 15.5. The van der Waals surface area contributed by atoms with E-state index in [2.05, 4.69) is 20.7 Å². The second-order valence-electron chi connectivity index (χ2n) is 6.78. The van der Waals surface area contributed by atoms with Gasteiger partial charge in [0.25, 0.3) is 0 Å². The maximum Gasteiger partial charge on any atom is 0.313 e. The Morgan fingerprint density at radius 1 is 1.09 bits per heavy atom. The molecule has 0 spiro atoms. The van der Waals surface area contributed by atoms with Gasteiger partial charge in [0, 0.05) is 34.6 Å². The van der Waals surface area contributed by atoms with Gasteiger partial charge < -0.3 is 15.4 Å². The van der Waals surface area contributed by atoms with Crippen molar-refractivity contribution in [2.75, 3.05) is 18.5 Å². The molecule has 2 heterocycles. The molecule has 4 aromatic rings. The lowest BCUT2D eigenvalue weighted by Gasteiger charge is -2.07. The van der Waals surface area contributed by atoms with Crippen LogP contribution in [0.1, 0.15) is 12.6 Å². The van der Waals surface area contributed by atoms with Crippen molar-refractivity contribution in [2.24, 2.45) is 0 Å². The van der Waals surface area contributed by atoms with Crippen LogP contribution in [0.25, 0.3) is 16.3 Å². The summed E-state index contributed by atoms with van der Waals surface area (Å²) in [6, 6.07) is 14.1. The van der Waals surface area contributed by atoms with Crippen LogP contribution < -0.4 is 15.4 Å². The minimum atomic E-state index is -0.726. The zero-order valence-corrected chi connectivity index (χ0v) is 18.7. The van der Waals surface area contributed by atoms with Crippen molar-refractivity contribution in [2.45, 2.75) is 13.3 Å². The van der Waals surface area contributed by atoms with E-state index in [1.165, 1.54) is 11.3 Å². The molecular formula is C22H20ClN5O3S. The number of halogens is 1. The fourth-order valence-electron chi connectivity index (χ4n) is 2.99. The zero-order valence-electron chi connectivity index (χ0n) is 17.2. The summed E-state index contributed by atoms with van der Waals surface area (Å²) < 4.78 is 7.11. The average molecular weight is 470 g/mol. The number of fused-ring (bicyclic) bond motifs is 1. The Morgan fingerprint density at radius 2 is 1.84 bits per heavy atom. The molecule has 0 aliphatic rings. The van der Waals surface area contributed by atoms with Gasteiger partial charge in [-0.3, -0.25) is 9.59 Å². The van der Waals surface area contributed by atoms with Gasteiger partial charge in [-0.1, -0.05) is 11.6 Å². The predicted octanol–water partition coefficient (Wildman–Crippen LogP) is 3.81. The molecule has 0 saturated heterocycles. The topological polar surface area (TPSA) is 97.6 Å². The van der Waals surface area contributed by atoms with Gasteiger partial charge >= 0.3 is 11.8 Å². The van der Waals surface area contributed by atoms with Crippen molar-refractivity contribution in [3.05, 3.63) is 64.6 Å². The largest absolute Gasteiger partial charge is 0.494 e. The highest BCUT2D eigenvalue weighted by atomic mass is 35.5. The number of thiazole rings is 1. The molecule has 0 aliphatic carbocycles. The van der Waals surface area contributed by atoms with Crippen molar-refractivity contribution in [3.8, 4) is 17.1 Å². The summed E-state index contributed by atoms with van der Waals surface area (Å²) in [5, 5.41) is 12.3. The summed E-state index contributed by atoms with van der Waals surface area (Å²) in [6.45, 7) is 2.74. The maximum atomic E-state index is 12.1. The van der Waals surface area contributed by atoms with E-state index >= 15 is 0 Å². The minimum absolute atomic E-state index is 0.289. The molecular weight excluding hydrogens is 450 g/mol. The molecule has 2 N–H and O–H groups in total. The smallest absolute Gasteiger partial charge is 0.313 e. The van der Waals surface area contributed by atoms with Crippen molar-refractivity contribution in [3.63, 3.8) is 0 Å². The van der Waals surface area contributed by atoms with Crippen LogP contribution in [0.4, 0.5) is 5.69 Å². The van der Waals surface area contributed by atoms with Gasteiger partial charge in [-0.2, -0.15) is 4.98 Å². The van der Waals surface area contributed by atoms with Crippen molar-refractivity contribution in [1.82, 2.24) is 19.9 Å². The number of hydrogen-bond donors (Lipinski definition) is 2. The first-order valence-electron chi connectivity index (χ1n) is 9.94. The van der Waals surface area contributed by atoms with E-state index in [1.807, 2.05) is 24.4 Å². The number of amides is 2. The number of anilines is 1. The standard InChI is InChI=1S/C22H20ClN5O3S/c1-2-31-18-9-7-16(8-10-18)25-21(30)20(29)24-12-11-17-13-32-22-26-19(27-28(17)22)14-3-5-15(23)6-4-14/h3-10,13H,2,11-12H2,1H3,(H,24,29)(H,25,30). The fraction of sp³-hybridized carbons (Fsp3) is 0.182. The lowest BCUT2D eigenvalue weighted by Crippen LogP contribution is -2.36. The number of carbonyl (C=O) groups excluding carboxylic acids is 2. The summed E-state index contributed by atoms with van der Waals surface area (Å²) in [6.07, 6.45) is 0.505. The Kier molecular flexibility index (Phi) is 6.67. The Bertz CT molecular complexity index is 1230. The lowest BCUT2D eigenvalue weighted by molar-refractivity contribution is -0.136. The fourth-order valence-corrected chi connectivity index (χ4v) is 3.97. The third-order valence-corrected chi connectivity index (χ3v) is 5.67. The summed E-state index contributed by atoms with van der Waals surface area (Å²) in [5.74, 6) is -0.126. The van der Waals surface area contributed by atoms with E-state index in [-0.39, 0.29) is 6.54 Å². The molecule has 2 aromatic carbocycles. The Hall–Kier alpha value is -3.43. The monoisotopic (exact) mass is 469 g/mol. The molecule has 0 fully saturated rings. The SMILES string of the molecule is CCOc1ccc(NC(=O)C(=O)NCCc2csc3nc(-c4ccc(Cl)cc4)nn23)cc1.